The van der Waals surface area contributed by atoms with Gasteiger partial charge in [0.1, 0.15) is 5.75 Å². The lowest BCUT2D eigenvalue weighted by Gasteiger charge is -2.42. The maximum Gasteiger partial charge on any atom is 0.416 e. The maximum absolute atomic E-state index is 13.3. The van der Waals surface area contributed by atoms with Gasteiger partial charge in [0.15, 0.2) is 5.03 Å². The van der Waals surface area contributed by atoms with E-state index in [-0.39, 0.29) is 11.4 Å². The van der Waals surface area contributed by atoms with Crippen molar-refractivity contribution in [3.63, 3.8) is 0 Å². The minimum atomic E-state index is -4.45. The van der Waals surface area contributed by atoms with Gasteiger partial charge in [-0.05, 0) is 48.7 Å². The summed E-state index contributed by atoms with van der Waals surface area (Å²) in [6, 6.07) is 11.5. The van der Waals surface area contributed by atoms with E-state index in [2.05, 4.69) is 4.98 Å². The van der Waals surface area contributed by atoms with E-state index in [9.17, 15) is 32.0 Å². The van der Waals surface area contributed by atoms with E-state index >= 15 is 0 Å². The molecule has 0 spiro atoms. The summed E-state index contributed by atoms with van der Waals surface area (Å²) in [5.74, 6) is -2.37. The van der Waals surface area contributed by atoms with Gasteiger partial charge < -0.3 is 4.74 Å². The second-order valence-corrected chi connectivity index (χ2v) is 9.69. The summed E-state index contributed by atoms with van der Waals surface area (Å²) in [7, 11) is 1.45. The third-order valence-electron chi connectivity index (χ3n) is 6.06. The van der Waals surface area contributed by atoms with Crippen LogP contribution < -0.4 is 10.3 Å². The topological polar surface area (TPSA) is 67.9 Å². The summed E-state index contributed by atoms with van der Waals surface area (Å²) in [6.07, 6.45) is -1.89. The summed E-state index contributed by atoms with van der Waals surface area (Å²) in [5.41, 5.74) is -1.14. The number of alkyl halides is 5. The van der Waals surface area contributed by atoms with E-state index in [1.54, 1.807) is 18.2 Å². The van der Waals surface area contributed by atoms with E-state index < -0.39 is 41.5 Å². The highest BCUT2D eigenvalue weighted by Crippen LogP contribution is 2.54. The van der Waals surface area contributed by atoms with Gasteiger partial charge in [0, 0.05) is 36.2 Å². The summed E-state index contributed by atoms with van der Waals surface area (Å²) in [5, 5.41) is 9.44. The Morgan fingerprint density at radius 1 is 1.17 bits per heavy atom. The van der Waals surface area contributed by atoms with Crippen molar-refractivity contribution in [3.05, 3.63) is 76.3 Å². The molecule has 1 saturated carbocycles. The van der Waals surface area contributed by atoms with Crippen molar-refractivity contribution >= 4 is 11.8 Å². The van der Waals surface area contributed by atoms with Crippen LogP contribution in [0.25, 0.3) is 5.69 Å². The first kappa shape index (κ1) is 25.7. The number of hydrogen-bond donors (Lipinski definition) is 0. The molecule has 0 radical (unpaired) electrons. The molecule has 1 fully saturated rings. The molecule has 0 saturated heterocycles. The molecule has 0 amide bonds. The van der Waals surface area contributed by atoms with Gasteiger partial charge in [-0.15, -0.1) is 0 Å². The second kappa shape index (κ2) is 9.58. The Morgan fingerprint density at radius 3 is 2.44 bits per heavy atom. The summed E-state index contributed by atoms with van der Waals surface area (Å²) in [6.45, 7) is 0. The summed E-state index contributed by atoms with van der Waals surface area (Å²) < 4.78 is 71.8. The van der Waals surface area contributed by atoms with Gasteiger partial charge in [-0.3, -0.25) is 9.36 Å². The highest BCUT2D eigenvalue weighted by Gasteiger charge is 2.56. The first-order valence-corrected chi connectivity index (χ1v) is 11.7. The van der Waals surface area contributed by atoms with Gasteiger partial charge in [-0.2, -0.15) is 18.4 Å². The first-order chi connectivity index (χ1) is 17.0. The van der Waals surface area contributed by atoms with Crippen molar-refractivity contribution in [2.45, 2.75) is 47.7 Å². The molecule has 0 unspecified atom stereocenters. The normalized spacial score (nSPS) is 16.1. The number of rotatable bonds is 7. The van der Waals surface area contributed by atoms with Crippen molar-refractivity contribution in [2.75, 3.05) is 7.11 Å². The molecule has 36 heavy (non-hydrogen) atoms. The van der Waals surface area contributed by atoms with Gasteiger partial charge in [0.2, 0.25) is 0 Å². The SMILES string of the molecule is COc1cc(-n2ccnc(Sc3ccc(C(F)(F)F)cc3)c2=O)ccc1CCC1(C#N)CC(F)(F)C1. The number of hydrogen-bond acceptors (Lipinski definition) is 5. The van der Waals surface area contributed by atoms with E-state index in [1.807, 2.05) is 6.07 Å². The van der Waals surface area contributed by atoms with Crippen LogP contribution in [0.15, 0.2) is 69.6 Å². The van der Waals surface area contributed by atoms with Gasteiger partial charge in [0.25, 0.3) is 11.5 Å². The van der Waals surface area contributed by atoms with Crippen LogP contribution in [0.5, 0.6) is 5.75 Å². The predicted molar refractivity (Wildman–Crippen MR) is 123 cm³/mol. The Balaban J connectivity index is 1.54. The van der Waals surface area contributed by atoms with Crippen LogP contribution in [-0.2, 0) is 12.6 Å². The van der Waals surface area contributed by atoms with Gasteiger partial charge in [0.05, 0.1) is 29.8 Å². The monoisotopic (exact) mass is 521 g/mol. The number of methoxy groups -OCH3 is 1. The molecule has 1 aliphatic rings. The van der Waals surface area contributed by atoms with Crippen LogP contribution in [0.4, 0.5) is 22.0 Å². The molecule has 2 aromatic carbocycles. The zero-order valence-corrected chi connectivity index (χ0v) is 19.8. The molecule has 5 nitrogen and oxygen atoms in total. The molecule has 1 aromatic heterocycles. The molecule has 3 aromatic rings. The van der Waals surface area contributed by atoms with Crippen molar-refractivity contribution in [3.8, 4) is 17.5 Å². The highest BCUT2D eigenvalue weighted by molar-refractivity contribution is 7.99. The fourth-order valence-electron chi connectivity index (χ4n) is 4.20. The lowest BCUT2D eigenvalue weighted by molar-refractivity contribution is -0.140. The zero-order valence-electron chi connectivity index (χ0n) is 19.0. The number of benzene rings is 2. The van der Waals surface area contributed by atoms with E-state index in [4.69, 9.17) is 4.74 Å². The number of nitriles is 1. The average Bonchev–Trinajstić information content (AvgIpc) is 2.82. The molecule has 188 valence electrons. The standard InChI is InChI=1S/C25H20F5N3O2S/c1-35-20-12-18(5-2-16(20)8-9-23(15-31)13-24(26,27)14-23)33-11-10-32-21(22(33)34)36-19-6-3-17(4-7-19)25(28,29)30/h2-7,10-12H,8-9,13-14H2,1H3. The van der Waals surface area contributed by atoms with Gasteiger partial charge >= 0.3 is 6.18 Å². The minimum Gasteiger partial charge on any atom is -0.496 e. The first-order valence-electron chi connectivity index (χ1n) is 10.8. The number of ether oxygens (including phenoxy) is 1. The fraction of sp³-hybridized carbons (Fsp3) is 0.320. The van der Waals surface area contributed by atoms with Crippen molar-refractivity contribution in [1.82, 2.24) is 9.55 Å². The van der Waals surface area contributed by atoms with Crippen LogP contribution >= 0.6 is 11.8 Å². The van der Waals surface area contributed by atoms with Crippen LogP contribution in [0.1, 0.15) is 30.4 Å². The molecule has 0 bridgehead atoms. The van der Waals surface area contributed by atoms with E-state index in [0.29, 0.717) is 28.3 Å². The Labute approximate surface area is 207 Å². The lowest BCUT2D eigenvalue weighted by Crippen LogP contribution is -2.45. The van der Waals surface area contributed by atoms with Crippen LogP contribution in [-0.4, -0.2) is 22.6 Å². The Morgan fingerprint density at radius 2 is 1.86 bits per heavy atom. The quantitative estimate of drug-likeness (QED) is 0.342. The van der Waals surface area contributed by atoms with Gasteiger partial charge in [-0.25, -0.2) is 13.8 Å². The third kappa shape index (κ3) is 5.38. The molecule has 1 heterocycles. The number of aryl methyl sites for hydroxylation is 1. The number of nitrogens with zero attached hydrogens (tertiary/aromatic N) is 3. The van der Waals surface area contributed by atoms with E-state index in [1.165, 1.54) is 36.2 Å². The summed E-state index contributed by atoms with van der Waals surface area (Å²) >= 11 is 0.943. The second-order valence-electron chi connectivity index (χ2n) is 8.63. The smallest absolute Gasteiger partial charge is 0.416 e. The largest absolute Gasteiger partial charge is 0.496 e. The highest BCUT2D eigenvalue weighted by atomic mass is 32.2. The van der Waals surface area contributed by atoms with Crippen molar-refractivity contribution < 1.29 is 26.7 Å². The molecule has 4 rings (SSSR count). The maximum atomic E-state index is 13.3. The predicted octanol–water partition coefficient (Wildman–Crippen LogP) is 6.28. The summed E-state index contributed by atoms with van der Waals surface area (Å²) in [4.78, 5) is 17.5. The van der Waals surface area contributed by atoms with Crippen molar-refractivity contribution in [1.29, 1.82) is 5.26 Å². The molecule has 0 atom stereocenters. The molecule has 0 N–H and O–H groups in total. The molecular formula is C25H20F5N3O2S. The van der Waals surface area contributed by atoms with Crippen molar-refractivity contribution in [2.24, 2.45) is 5.41 Å². The van der Waals surface area contributed by atoms with Crippen LogP contribution in [0.3, 0.4) is 0 Å². The van der Waals surface area contributed by atoms with Crippen LogP contribution in [0.2, 0.25) is 0 Å². The Kier molecular flexibility index (Phi) is 6.84. The third-order valence-corrected chi connectivity index (χ3v) is 7.04. The average molecular weight is 522 g/mol. The number of halogens is 5. The molecule has 11 heteroatoms. The number of aromatic nitrogens is 2. The molecule has 0 aliphatic heterocycles. The fourth-order valence-corrected chi connectivity index (χ4v) is 5.00. The molecule has 1 aliphatic carbocycles. The van der Waals surface area contributed by atoms with Crippen LogP contribution in [0, 0.1) is 16.7 Å². The Hall–Kier alpha value is -3.39. The minimum absolute atomic E-state index is 0.0715. The Bertz CT molecular complexity index is 1360. The zero-order chi connectivity index (χ0) is 26.1. The van der Waals surface area contributed by atoms with Gasteiger partial charge in [-0.1, -0.05) is 17.8 Å². The van der Waals surface area contributed by atoms with E-state index in [0.717, 1.165) is 23.9 Å². The lowest BCUT2D eigenvalue weighted by atomic mass is 9.64. The molecular weight excluding hydrogens is 501 g/mol.